The van der Waals surface area contributed by atoms with Crippen LogP contribution in [0, 0.1) is 0 Å². The van der Waals surface area contributed by atoms with Gasteiger partial charge in [-0.25, -0.2) is 9.78 Å². The number of esters is 1. The van der Waals surface area contributed by atoms with Gasteiger partial charge in [-0.2, -0.15) is 0 Å². The molecule has 0 fully saturated rings. The van der Waals surface area contributed by atoms with Gasteiger partial charge in [-0.3, -0.25) is 0 Å². The number of aromatic hydroxyl groups is 1. The molecule has 0 bridgehead atoms. The second-order valence-electron chi connectivity index (χ2n) is 3.30. The van der Waals surface area contributed by atoms with Crippen LogP contribution in [0.5, 0.6) is 5.88 Å². The van der Waals surface area contributed by atoms with Crippen molar-refractivity contribution in [1.82, 2.24) is 4.98 Å². The molecule has 2 rings (SSSR count). The number of carbonyl (C=O) groups excluding carboxylic acids is 1. The summed E-state index contributed by atoms with van der Waals surface area (Å²) in [6.07, 6.45) is 2.65. The predicted molar refractivity (Wildman–Crippen MR) is 49.3 cm³/mol. The van der Waals surface area contributed by atoms with Gasteiger partial charge in [0, 0.05) is 11.8 Å². The minimum Gasteiger partial charge on any atom is -0.493 e. The molecule has 0 atom stereocenters. The molecule has 0 spiro atoms. The number of aryl methyl sites for hydroxylation is 1. The van der Waals surface area contributed by atoms with Crippen molar-refractivity contribution >= 4 is 5.97 Å². The number of pyridine rings is 1. The van der Waals surface area contributed by atoms with E-state index < -0.39 is 5.97 Å². The third-order valence-electron chi connectivity index (χ3n) is 2.44. The van der Waals surface area contributed by atoms with Gasteiger partial charge in [-0.05, 0) is 24.8 Å². The van der Waals surface area contributed by atoms with E-state index in [9.17, 15) is 9.90 Å². The zero-order valence-corrected chi connectivity index (χ0v) is 7.91. The third kappa shape index (κ3) is 1.32. The second kappa shape index (κ2) is 3.29. The first-order valence-corrected chi connectivity index (χ1v) is 4.52. The van der Waals surface area contributed by atoms with Crippen LogP contribution >= 0.6 is 0 Å². The number of methoxy groups -OCH3 is 1. The lowest BCUT2D eigenvalue weighted by atomic mass is 10.1. The van der Waals surface area contributed by atoms with E-state index in [4.69, 9.17) is 0 Å². The fourth-order valence-corrected chi connectivity index (χ4v) is 1.82. The molecule has 0 radical (unpaired) electrons. The lowest BCUT2D eigenvalue weighted by Crippen LogP contribution is -2.06. The molecular formula is C10H11NO3. The number of fused-ring (bicyclic) bond motifs is 1. The number of ether oxygens (including phenoxy) is 1. The van der Waals surface area contributed by atoms with E-state index in [1.807, 2.05) is 0 Å². The van der Waals surface area contributed by atoms with Gasteiger partial charge in [0.2, 0.25) is 5.88 Å². The van der Waals surface area contributed by atoms with E-state index in [1.54, 1.807) is 0 Å². The van der Waals surface area contributed by atoms with E-state index in [0.717, 1.165) is 30.5 Å². The summed E-state index contributed by atoms with van der Waals surface area (Å²) in [7, 11) is 1.33. The first-order chi connectivity index (χ1) is 6.72. The summed E-state index contributed by atoms with van der Waals surface area (Å²) in [5, 5.41) is 9.30. The quantitative estimate of drug-likeness (QED) is 0.677. The van der Waals surface area contributed by atoms with Crippen molar-refractivity contribution in [1.29, 1.82) is 0 Å². The first kappa shape index (κ1) is 8.99. The highest BCUT2D eigenvalue weighted by atomic mass is 16.5. The summed E-state index contributed by atoms with van der Waals surface area (Å²) in [6, 6.07) is 1.37. The van der Waals surface area contributed by atoms with Gasteiger partial charge >= 0.3 is 5.97 Å². The van der Waals surface area contributed by atoms with E-state index >= 15 is 0 Å². The normalized spacial score (nSPS) is 13.8. The van der Waals surface area contributed by atoms with Crippen molar-refractivity contribution in [3.63, 3.8) is 0 Å². The minimum absolute atomic E-state index is 0.106. The molecule has 0 saturated carbocycles. The van der Waals surface area contributed by atoms with E-state index in [1.165, 1.54) is 13.2 Å². The summed E-state index contributed by atoms with van der Waals surface area (Å²) in [6.45, 7) is 0. The highest BCUT2D eigenvalue weighted by Gasteiger charge is 2.21. The molecule has 0 unspecified atom stereocenters. The highest BCUT2D eigenvalue weighted by molar-refractivity contribution is 5.91. The molecule has 1 aromatic rings. The molecule has 1 aliphatic carbocycles. The number of hydrogen-bond donors (Lipinski definition) is 1. The molecule has 74 valence electrons. The maximum atomic E-state index is 11.4. The predicted octanol–water partition coefficient (Wildman–Crippen LogP) is 1.06. The molecule has 0 saturated heterocycles. The van der Waals surface area contributed by atoms with Gasteiger partial charge in [0.05, 0.1) is 12.7 Å². The van der Waals surface area contributed by atoms with Crippen molar-refractivity contribution in [3.05, 3.63) is 22.9 Å². The average molecular weight is 193 g/mol. The lowest BCUT2D eigenvalue weighted by molar-refractivity contribution is 0.0599. The Morgan fingerprint density at radius 2 is 2.36 bits per heavy atom. The third-order valence-corrected chi connectivity index (χ3v) is 2.44. The Bertz CT molecular complexity index is 387. The average Bonchev–Trinajstić information content (AvgIpc) is 2.62. The smallest absolute Gasteiger partial charge is 0.338 e. The molecule has 14 heavy (non-hydrogen) atoms. The summed E-state index contributed by atoms with van der Waals surface area (Å²) < 4.78 is 4.64. The largest absolute Gasteiger partial charge is 0.493 e. The van der Waals surface area contributed by atoms with Crippen LogP contribution in [0.3, 0.4) is 0 Å². The molecule has 4 heteroatoms. The van der Waals surface area contributed by atoms with Gasteiger partial charge in [0.15, 0.2) is 0 Å². The molecule has 1 heterocycles. The Labute approximate surface area is 81.5 Å². The van der Waals surface area contributed by atoms with Crippen LogP contribution in [-0.4, -0.2) is 23.2 Å². The Balaban J connectivity index is 2.54. The Morgan fingerprint density at radius 3 is 3.07 bits per heavy atom. The minimum atomic E-state index is -0.402. The summed E-state index contributed by atoms with van der Waals surface area (Å²) in [5.41, 5.74) is 2.20. The maximum Gasteiger partial charge on any atom is 0.338 e. The van der Waals surface area contributed by atoms with Gasteiger partial charge in [-0.1, -0.05) is 0 Å². The molecular weight excluding hydrogens is 182 g/mol. The van der Waals surface area contributed by atoms with Crippen molar-refractivity contribution in [2.24, 2.45) is 0 Å². The van der Waals surface area contributed by atoms with Crippen LogP contribution in [0.4, 0.5) is 0 Å². The van der Waals surface area contributed by atoms with E-state index in [2.05, 4.69) is 9.72 Å². The van der Waals surface area contributed by atoms with Crippen molar-refractivity contribution < 1.29 is 14.6 Å². The monoisotopic (exact) mass is 193 g/mol. The van der Waals surface area contributed by atoms with Crippen molar-refractivity contribution in [3.8, 4) is 5.88 Å². The summed E-state index contributed by atoms with van der Waals surface area (Å²) in [5.74, 6) is -0.507. The summed E-state index contributed by atoms with van der Waals surface area (Å²) in [4.78, 5) is 15.3. The molecule has 4 nitrogen and oxygen atoms in total. The summed E-state index contributed by atoms with van der Waals surface area (Å²) >= 11 is 0. The van der Waals surface area contributed by atoms with Gasteiger partial charge in [-0.15, -0.1) is 0 Å². The number of rotatable bonds is 1. The number of nitrogens with zero attached hydrogens (tertiary/aromatic N) is 1. The SMILES string of the molecule is COC(=O)c1cc(O)nc2c1CCC2. The number of aromatic nitrogens is 1. The number of carbonyl (C=O) groups is 1. The Morgan fingerprint density at radius 1 is 1.57 bits per heavy atom. The van der Waals surface area contributed by atoms with Crippen LogP contribution in [0.25, 0.3) is 0 Å². The maximum absolute atomic E-state index is 11.4. The van der Waals surface area contributed by atoms with E-state index in [-0.39, 0.29) is 5.88 Å². The van der Waals surface area contributed by atoms with E-state index in [0.29, 0.717) is 5.56 Å². The standard InChI is InChI=1S/C10H11NO3/c1-14-10(13)7-5-9(12)11-8-4-2-3-6(7)8/h5H,2-4H2,1H3,(H,11,12). The molecule has 1 N–H and O–H groups in total. The fourth-order valence-electron chi connectivity index (χ4n) is 1.82. The molecule has 1 aliphatic rings. The number of hydrogen-bond acceptors (Lipinski definition) is 4. The molecule has 1 aromatic heterocycles. The zero-order valence-electron chi connectivity index (χ0n) is 7.91. The van der Waals surface area contributed by atoms with Crippen LogP contribution in [0.15, 0.2) is 6.07 Å². The van der Waals surface area contributed by atoms with Crippen molar-refractivity contribution in [2.75, 3.05) is 7.11 Å². The Kier molecular flexibility index (Phi) is 2.11. The topological polar surface area (TPSA) is 59.4 Å². The van der Waals surface area contributed by atoms with Crippen LogP contribution in [-0.2, 0) is 17.6 Å². The second-order valence-corrected chi connectivity index (χ2v) is 3.30. The van der Waals surface area contributed by atoms with Crippen LogP contribution in [0.2, 0.25) is 0 Å². The lowest BCUT2D eigenvalue weighted by Gasteiger charge is -2.06. The first-order valence-electron chi connectivity index (χ1n) is 4.52. The van der Waals surface area contributed by atoms with Crippen molar-refractivity contribution in [2.45, 2.75) is 19.3 Å². The zero-order chi connectivity index (χ0) is 10.1. The fraction of sp³-hybridized carbons (Fsp3) is 0.400. The molecule has 0 aromatic carbocycles. The Hall–Kier alpha value is -1.58. The molecule has 0 amide bonds. The van der Waals surface area contributed by atoms with Crippen LogP contribution in [0.1, 0.15) is 28.0 Å². The van der Waals surface area contributed by atoms with Crippen LogP contribution < -0.4 is 0 Å². The molecule has 0 aliphatic heterocycles. The van der Waals surface area contributed by atoms with Gasteiger partial charge in [0.1, 0.15) is 0 Å². The highest BCUT2D eigenvalue weighted by Crippen LogP contribution is 2.26. The van der Waals surface area contributed by atoms with Gasteiger partial charge < -0.3 is 9.84 Å². The van der Waals surface area contributed by atoms with Gasteiger partial charge in [0.25, 0.3) is 0 Å².